The van der Waals surface area contributed by atoms with E-state index in [2.05, 4.69) is 26.2 Å². The smallest absolute Gasteiger partial charge is 0.256 e. The molecular weight excluding hydrogens is 287 g/mol. The van der Waals surface area contributed by atoms with Crippen molar-refractivity contribution in [3.63, 3.8) is 0 Å². The van der Waals surface area contributed by atoms with Gasteiger partial charge in [-0.05, 0) is 52.3 Å². The van der Waals surface area contributed by atoms with Gasteiger partial charge in [0.1, 0.15) is 11.6 Å². The largest absolute Gasteiger partial charge is 0.307 e. The van der Waals surface area contributed by atoms with Crippen LogP contribution in [0.2, 0.25) is 0 Å². The Morgan fingerprint density at radius 1 is 1.18 bits per heavy atom. The monoisotopic (exact) mass is 294 g/mol. The predicted octanol–water partition coefficient (Wildman–Crippen LogP) is 3.24. The molecule has 2 rings (SSSR count). The summed E-state index contributed by atoms with van der Waals surface area (Å²) in [5.41, 5.74) is 0.385. The fourth-order valence-corrected chi connectivity index (χ4v) is 1.47. The molecule has 1 aromatic carbocycles. The lowest BCUT2D eigenvalue weighted by Crippen LogP contribution is -2.12. The highest BCUT2D eigenvalue weighted by Gasteiger charge is 2.06. The van der Waals surface area contributed by atoms with E-state index in [0.717, 1.165) is 4.47 Å². The standard InChI is InChI=1S/C12H8BrFN2O/c13-9-3-6-11(15-7-9)16-12(17)8-1-4-10(14)5-2-8/h1-7H,(H,15,16,17). The van der Waals surface area contributed by atoms with Gasteiger partial charge in [-0.25, -0.2) is 9.37 Å². The van der Waals surface area contributed by atoms with Gasteiger partial charge in [0.2, 0.25) is 0 Å². The van der Waals surface area contributed by atoms with Crippen LogP contribution in [0.5, 0.6) is 0 Å². The van der Waals surface area contributed by atoms with Crippen LogP contribution in [0.3, 0.4) is 0 Å². The van der Waals surface area contributed by atoms with Crippen molar-refractivity contribution >= 4 is 27.7 Å². The molecule has 0 saturated heterocycles. The Hall–Kier alpha value is -1.75. The summed E-state index contributed by atoms with van der Waals surface area (Å²) in [7, 11) is 0. The van der Waals surface area contributed by atoms with E-state index in [1.165, 1.54) is 24.3 Å². The van der Waals surface area contributed by atoms with Crippen LogP contribution in [0.15, 0.2) is 47.1 Å². The number of amides is 1. The number of carbonyl (C=O) groups excluding carboxylic acids is 1. The second-order valence-corrected chi connectivity index (χ2v) is 4.24. The van der Waals surface area contributed by atoms with E-state index in [1.807, 2.05) is 0 Å². The molecule has 0 atom stereocenters. The van der Waals surface area contributed by atoms with Crippen molar-refractivity contribution in [3.8, 4) is 0 Å². The summed E-state index contributed by atoms with van der Waals surface area (Å²) in [4.78, 5) is 15.7. The molecule has 5 heteroatoms. The molecule has 1 aromatic heterocycles. The normalized spacial score (nSPS) is 10.0. The first-order chi connectivity index (χ1) is 8.15. The molecule has 0 saturated carbocycles. The van der Waals surface area contributed by atoms with Crippen LogP contribution < -0.4 is 5.32 Å². The SMILES string of the molecule is O=C(Nc1ccc(Br)cn1)c1ccc(F)cc1. The third-order valence-electron chi connectivity index (χ3n) is 2.08. The summed E-state index contributed by atoms with van der Waals surface area (Å²) in [5.74, 6) is -0.245. The van der Waals surface area contributed by atoms with Crippen LogP contribution in [0, 0.1) is 5.82 Å². The molecule has 0 aliphatic rings. The van der Waals surface area contributed by atoms with Crippen molar-refractivity contribution in [2.75, 3.05) is 5.32 Å². The zero-order valence-electron chi connectivity index (χ0n) is 8.65. The first-order valence-corrected chi connectivity index (χ1v) is 5.63. The molecule has 86 valence electrons. The molecule has 2 aromatic rings. The maximum Gasteiger partial charge on any atom is 0.256 e. The second-order valence-electron chi connectivity index (χ2n) is 3.32. The average molecular weight is 295 g/mol. The topological polar surface area (TPSA) is 42.0 Å². The first-order valence-electron chi connectivity index (χ1n) is 4.83. The molecule has 1 N–H and O–H groups in total. The highest BCUT2D eigenvalue weighted by molar-refractivity contribution is 9.10. The van der Waals surface area contributed by atoms with E-state index in [1.54, 1.807) is 18.3 Å². The molecule has 0 aliphatic carbocycles. The van der Waals surface area contributed by atoms with E-state index in [-0.39, 0.29) is 11.7 Å². The number of carbonyl (C=O) groups is 1. The van der Waals surface area contributed by atoms with Crippen molar-refractivity contribution in [2.45, 2.75) is 0 Å². The molecule has 1 heterocycles. The molecule has 17 heavy (non-hydrogen) atoms. The Balaban J connectivity index is 2.11. The van der Waals surface area contributed by atoms with Crippen LogP contribution in [-0.4, -0.2) is 10.9 Å². The van der Waals surface area contributed by atoms with E-state index in [9.17, 15) is 9.18 Å². The summed E-state index contributed by atoms with van der Waals surface area (Å²) in [6.07, 6.45) is 1.58. The molecule has 1 amide bonds. The van der Waals surface area contributed by atoms with E-state index >= 15 is 0 Å². The Morgan fingerprint density at radius 3 is 2.47 bits per heavy atom. The van der Waals surface area contributed by atoms with Gasteiger partial charge in [-0.2, -0.15) is 0 Å². The summed E-state index contributed by atoms with van der Waals surface area (Å²) in [6, 6.07) is 8.76. The van der Waals surface area contributed by atoms with E-state index in [4.69, 9.17) is 0 Å². The van der Waals surface area contributed by atoms with Crippen LogP contribution in [0.25, 0.3) is 0 Å². The molecule has 0 radical (unpaired) electrons. The predicted molar refractivity (Wildman–Crippen MR) is 66.3 cm³/mol. The number of anilines is 1. The van der Waals surface area contributed by atoms with Gasteiger partial charge in [-0.3, -0.25) is 4.79 Å². The Labute approximate surface area is 106 Å². The van der Waals surface area contributed by atoms with Crippen molar-refractivity contribution < 1.29 is 9.18 Å². The molecule has 0 fully saturated rings. The fraction of sp³-hybridized carbons (Fsp3) is 0. The van der Waals surface area contributed by atoms with Gasteiger partial charge in [0, 0.05) is 16.2 Å². The number of benzene rings is 1. The maximum atomic E-state index is 12.7. The third-order valence-corrected chi connectivity index (χ3v) is 2.54. The molecule has 3 nitrogen and oxygen atoms in total. The van der Waals surface area contributed by atoms with Gasteiger partial charge >= 0.3 is 0 Å². The van der Waals surface area contributed by atoms with E-state index < -0.39 is 0 Å². The number of nitrogens with zero attached hydrogens (tertiary/aromatic N) is 1. The van der Waals surface area contributed by atoms with Gasteiger partial charge in [0.05, 0.1) is 0 Å². The summed E-state index contributed by atoms with van der Waals surface area (Å²) in [6.45, 7) is 0. The zero-order valence-corrected chi connectivity index (χ0v) is 10.2. The van der Waals surface area contributed by atoms with Gasteiger partial charge in [0.25, 0.3) is 5.91 Å². The van der Waals surface area contributed by atoms with Crippen molar-refractivity contribution in [2.24, 2.45) is 0 Å². The molecule has 0 spiro atoms. The second kappa shape index (κ2) is 5.05. The zero-order chi connectivity index (χ0) is 12.3. The van der Waals surface area contributed by atoms with Gasteiger partial charge in [0.15, 0.2) is 0 Å². The Bertz CT molecular complexity index is 525. The lowest BCUT2D eigenvalue weighted by atomic mass is 10.2. The molecular formula is C12H8BrFN2O. The summed E-state index contributed by atoms with van der Waals surface area (Å²) >= 11 is 3.25. The number of rotatable bonds is 2. The minimum Gasteiger partial charge on any atom is -0.307 e. The van der Waals surface area contributed by atoms with Crippen LogP contribution in [-0.2, 0) is 0 Å². The van der Waals surface area contributed by atoms with Crippen LogP contribution in [0.4, 0.5) is 10.2 Å². The number of aromatic nitrogens is 1. The average Bonchev–Trinajstić information content (AvgIpc) is 2.33. The summed E-state index contributed by atoms with van der Waals surface area (Å²) < 4.78 is 13.5. The van der Waals surface area contributed by atoms with Gasteiger partial charge in [-0.1, -0.05) is 0 Å². The van der Waals surface area contributed by atoms with Crippen molar-refractivity contribution in [1.82, 2.24) is 4.98 Å². The highest BCUT2D eigenvalue weighted by atomic mass is 79.9. The Kier molecular flexibility index (Phi) is 3.49. The van der Waals surface area contributed by atoms with Crippen molar-refractivity contribution in [1.29, 1.82) is 0 Å². The van der Waals surface area contributed by atoms with Crippen LogP contribution >= 0.6 is 15.9 Å². The number of pyridine rings is 1. The maximum absolute atomic E-state index is 12.7. The molecule has 0 aliphatic heterocycles. The quantitative estimate of drug-likeness (QED) is 0.924. The van der Waals surface area contributed by atoms with Gasteiger partial charge < -0.3 is 5.32 Å². The first kappa shape index (κ1) is 11.7. The summed E-state index contributed by atoms with van der Waals surface area (Å²) in [5, 5.41) is 2.61. The number of hydrogen-bond donors (Lipinski definition) is 1. The number of halogens is 2. The van der Waals surface area contributed by atoms with Crippen LogP contribution in [0.1, 0.15) is 10.4 Å². The minimum atomic E-state index is -0.372. The third kappa shape index (κ3) is 3.10. The molecule has 0 unspecified atom stereocenters. The highest BCUT2D eigenvalue weighted by Crippen LogP contribution is 2.12. The lowest BCUT2D eigenvalue weighted by Gasteiger charge is -2.04. The number of nitrogens with one attached hydrogen (secondary N) is 1. The lowest BCUT2D eigenvalue weighted by molar-refractivity contribution is 0.102. The van der Waals surface area contributed by atoms with E-state index in [0.29, 0.717) is 11.4 Å². The Morgan fingerprint density at radius 2 is 1.88 bits per heavy atom. The van der Waals surface area contributed by atoms with Gasteiger partial charge in [-0.15, -0.1) is 0 Å². The fourth-order valence-electron chi connectivity index (χ4n) is 1.24. The number of hydrogen-bond acceptors (Lipinski definition) is 2. The van der Waals surface area contributed by atoms with Crippen molar-refractivity contribution in [3.05, 3.63) is 58.4 Å². The minimum absolute atomic E-state index is 0.320. The molecule has 0 bridgehead atoms.